The summed E-state index contributed by atoms with van der Waals surface area (Å²) in [5.41, 5.74) is -1.97. The van der Waals surface area contributed by atoms with Gasteiger partial charge in [-0.05, 0) is 37.1 Å². The number of rotatable bonds is 8. The normalized spacial score (nSPS) is 18.3. The van der Waals surface area contributed by atoms with E-state index in [1.807, 2.05) is 0 Å². The molecule has 5 rings (SSSR count). The van der Waals surface area contributed by atoms with E-state index in [0.717, 1.165) is 56.1 Å². The number of piperidine rings is 1. The number of nitrogens with zero attached hydrogens (tertiary/aromatic N) is 7. The molecule has 1 aromatic carbocycles. The molecule has 2 aliphatic heterocycles. The number of hydrogen-bond donors (Lipinski definition) is 1. The van der Waals surface area contributed by atoms with Gasteiger partial charge in [-0.1, -0.05) is 6.92 Å². The van der Waals surface area contributed by atoms with Gasteiger partial charge >= 0.3 is 6.18 Å². The van der Waals surface area contributed by atoms with E-state index in [1.54, 1.807) is 0 Å². The van der Waals surface area contributed by atoms with Crippen LogP contribution in [0.5, 0.6) is 0 Å². The molecule has 16 heteroatoms. The molecular formula is C27H33F5N8O2S. The summed E-state index contributed by atoms with van der Waals surface area (Å²) in [4.78, 5) is 16.3. The molecule has 1 N–H and O–H groups in total. The molecule has 234 valence electrons. The first kappa shape index (κ1) is 31.2. The van der Waals surface area contributed by atoms with E-state index in [0.29, 0.717) is 31.1 Å². The SMILES string of the molecule is CCN1CCN(Cc2cc(F)c(-n3cnc(-c4nc(NC5CCN(S(C)(=O)=O)CC5)ncc4C(F)(F)F)c3)c(F)c2)CC1. The molecule has 2 saturated heterocycles. The summed E-state index contributed by atoms with van der Waals surface area (Å²) in [5.74, 6) is -1.84. The molecule has 0 amide bonds. The zero-order valence-electron chi connectivity index (χ0n) is 23.8. The number of alkyl halides is 3. The molecule has 10 nitrogen and oxygen atoms in total. The number of sulfonamides is 1. The molecule has 0 unspecified atom stereocenters. The smallest absolute Gasteiger partial charge is 0.351 e. The molecule has 3 aromatic rings. The Balaban J connectivity index is 1.36. The molecule has 2 aliphatic rings. The topological polar surface area (TPSA) is 99.5 Å². The van der Waals surface area contributed by atoms with Crippen LogP contribution in [0, 0.1) is 11.6 Å². The van der Waals surface area contributed by atoms with Gasteiger partial charge in [0.2, 0.25) is 16.0 Å². The molecule has 2 fully saturated rings. The number of hydrogen-bond acceptors (Lipinski definition) is 8. The predicted octanol–water partition coefficient (Wildman–Crippen LogP) is 3.60. The van der Waals surface area contributed by atoms with Gasteiger partial charge in [0.05, 0.1) is 6.26 Å². The first-order chi connectivity index (χ1) is 20.3. The number of likely N-dealkylation sites (N-methyl/N-ethyl adjacent to an activating group) is 1. The van der Waals surface area contributed by atoms with Gasteiger partial charge in [-0.2, -0.15) is 13.2 Å². The van der Waals surface area contributed by atoms with Crippen molar-refractivity contribution in [1.29, 1.82) is 0 Å². The minimum Gasteiger partial charge on any atom is -0.351 e. The zero-order chi connectivity index (χ0) is 30.9. The molecular weight excluding hydrogens is 595 g/mol. The van der Waals surface area contributed by atoms with Crippen molar-refractivity contribution in [1.82, 2.24) is 33.6 Å². The van der Waals surface area contributed by atoms with Gasteiger partial charge in [-0.15, -0.1) is 0 Å². The monoisotopic (exact) mass is 628 g/mol. The highest BCUT2D eigenvalue weighted by Gasteiger charge is 2.36. The maximum Gasteiger partial charge on any atom is 0.420 e. The molecule has 0 radical (unpaired) electrons. The van der Waals surface area contributed by atoms with Gasteiger partial charge in [0, 0.05) is 64.2 Å². The van der Waals surface area contributed by atoms with E-state index in [1.165, 1.54) is 16.4 Å². The predicted molar refractivity (Wildman–Crippen MR) is 150 cm³/mol. The Kier molecular flexibility index (Phi) is 9.02. The fourth-order valence-electron chi connectivity index (χ4n) is 5.41. The molecule has 0 bridgehead atoms. The van der Waals surface area contributed by atoms with E-state index >= 15 is 8.78 Å². The number of anilines is 1. The number of benzene rings is 1. The summed E-state index contributed by atoms with van der Waals surface area (Å²) in [6, 6.07) is 2.19. The largest absolute Gasteiger partial charge is 0.420 e. The van der Waals surface area contributed by atoms with Gasteiger partial charge in [0.1, 0.15) is 29.0 Å². The van der Waals surface area contributed by atoms with Crippen LogP contribution in [-0.2, 0) is 22.7 Å². The highest BCUT2D eigenvalue weighted by Crippen LogP contribution is 2.36. The summed E-state index contributed by atoms with van der Waals surface area (Å²) >= 11 is 0. The Labute approximate surface area is 246 Å². The highest BCUT2D eigenvalue weighted by molar-refractivity contribution is 7.88. The van der Waals surface area contributed by atoms with Crippen LogP contribution in [0.25, 0.3) is 17.1 Å². The van der Waals surface area contributed by atoms with Gasteiger partial charge in [-0.3, -0.25) is 4.90 Å². The van der Waals surface area contributed by atoms with Crippen molar-refractivity contribution in [2.24, 2.45) is 0 Å². The van der Waals surface area contributed by atoms with Crippen molar-refractivity contribution >= 4 is 16.0 Å². The van der Waals surface area contributed by atoms with E-state index in [-0.39, 0.29) is 30.8 Å². The van der Waals surface area contributed by atoms with Crippen molar-refractivity contribution < 1.29 is 30.4 Å². The van der Waals surface area contributed by atoms with Crippen LogP contribution in [0.4, 0.5) is 27.9 Å². The Morgan fingerprint density at radius 1 is 0.977 bits per heavy atom. The minimum atomic E-state index is -4.82. The minimum absolute atomic E-state index is 0.100. The van der Waals surface area contributed by atoms with Crippen LogP contribution in [0.3, 0.4) is 0 Å². The van der Waals surface area contributed by atoms with Crippen LogP contribution in [-0.4, -0.2) is 100 Å². The zero-order valence-corrected chi connectivity index (χ0v) is 24.6. The third-order valence-electron chi connectivity index (χ3n) is 7.83. The Hall–Kier alpha value is -3.21. The van der Waals surface area contributed by atoms with Crippen molar-refractivity contribution in [2.45, 2.75) is 38.5 Å². The molecule has 0 saturated carbocycles. The van der Waals surface area contributed by atoms with Crippen LogP contribution in [0.1, 0.15) is 30.9 Å². The van der Waals surface area contributed by atoms with Gasteiger partial charge in [-0.25, -0.2) is 36.5 Å². The lowest BCUT2D eigenvalue weighted by Crippen LogP contribution is -2.45. The van der Waals surface area contributed by atoms with E-state index in [9.17, 15) is 21.6 Å². The number of aromatic nitrogens is 4. The van der Waals surface area contributed by atoms with Crippen molar-refractivity contribution in [2.75, 3.05) is 57.4 Å². The fourth-order valence-corrected chi connectivity index (χ4v) is 6.29. The lowest BCUT2D eigenvalue weighted by Gasteiger charge is -2.34. The summed E-state index contributed by atoms with van der Waals surface area (Å²) in [7, 11) is -3.34. The molecule has 43 heavy (non-hydrogen) atoms. The van der Waals surface area contributed by atoms with E-state index < -0.39 is 44.8 Å². The van der Waals surface area contributed by atoms with Gasteiger partial charge in [0.25, 0.3) is 0 Å². The van der Waals surface area contributed by atoms with Crippen LogP contribution < -0.4 is 5.32 Å². The fraction of sp³-hybridized carbons (Fsp3) is 0.519. The number of nitrogens with one attached hydrogen (secondary N) is 1. The standard InChI is InChI=1S/C27H33F5N8O2S/c1-3-37-8-10-38(11-9-37)15-18-12-21(28)25(22(29)13-18)39-16-23(34-17-39)24-20(27(30,31)32)14-33-26(36-24)35-19-4-6-40(7-5-19)43(2,41)42/h12-14,16-17,19H,3-11,15H2,1-2H3,(H,33,35,36). The molecule has 0 spiro atoms. The number of halogens is 5. The average Bonchev–Trinajstić information content (AvgIpc) is 3.42. The Morgan fingerprint density at radius 2 is 1.60 bits per heavy atom. The third-order valence-corrected chi connectivity index (χ3v) is 9.13. The highest BCUT2D eigenvalue weighted by atomic mass is 32.2. The Bertz CT molecular complexity index is 1530. The lowest BCUT2D eigenvalue weighted by molar-refractivity contribution is -0.137. The number of imidazole rings is 1. The second-order valence-corrected chi connectivity index (χ2v) is 12.8. The molecule has 4 heterocycles. The second kappa shape index (κ2) is 12.4. The lowest BCUT2D eigenvalue weighted by atomic mass is 10.1. The molecule has 0 atom stereocenters. The van der Waals surface area contributed by atoms with Crippen LogP contribution in [0.15, 0.2) is 30.9 Å². The first-order valence-corrected chi connectivity index (χ1v) is 15.8. The van der Waals surface area contributed by atoms with Gasteiger partial charge < -0.3 is 14.8 Å². The Morgan fingerprint density at radius 3 is 2.19 bits per heavy atom. The molecule has 2 aromatic heterocycles. The summed E-state index contributed by atoms with van der Waals surface area (Å²) in [5, 5.41) is 2.97. The summed E-state index contributed by atoms with van der Waals surface area (Å²) in [6.45, 7) is 7.21. The number of piperazine rings is 1. The average molecular weight is 629 g/mol. The molecule has 0 aliphatic carbocycles. The van der Waals surface area contributed by atoms with Crippen LogP contribution in [0.2, 0.25) is 0 Å². The van der Waals surface area contributed by atoms with E-state index in [2.05, 4.69) is 37.0 Å². The summed E-state index contributed by atoms with van der Waals surface area (Å²) < 4.78 is 97.9. The van der Waals surface area contributed by atoms with Crippen LogP contribution >= 0.6 is 0 Å². The van der Waals surface area contributed by atoms with E-state index in [4.69, 9.17) is 0 Å². The van der Waals surface area contributed by atoms with Crippen molar-refractivity contribution in [3.8, 4) is 17.1 Å². The van der Waals surface area contributed by atoms with Gasteiger partial charge in [0.15, 0.2) is 11.6 Å². The van der Waals surface area contributed by atoms with Crippen molar-refractivity contribution in [3.05, 3.63) is 53.6 Å². The van der Waals surface area contributed by atoms with Crippen molar-refractivity contribution in [3.63, 3.8) is 0 Å². The maximum absolute atomic E-state index is 15.2. The quantitative estimate of drug-likeness (QED) is 0.378. The maximum atomic E-state index is 15.2. The first-order valence-electron chi connectivity index (χ1n) is 13.9. The summed E-state index contributed by atoms with van der Waals surface area (Å²) in [6.07, 6.45) is -0.124. The second-order valence-electron chi connectivity index (χ2n) is 10.8. The third kappa shape index (κ3) is 7.30.